The summed E-state index contributed by atoms with van der Waals surface area (Å²) in [6, 6.07) is 25.0. The summed E-state index contributed by atoms with van der Waals surface area (Å²) in [5.74, 6) is 2.15. The monoisotopic (exact) mass is 505 g/mol. The number of ether oxygens (including phenoxy) is 2. The largest absolute Gasteiger partial charge is 0.490 e. The van der Waals surface area contributed by atoms with Crippen LogP contribution in [0, 0.1) is 0 Å². The third kappa shape index (κ3) is 4.89. The van der Waals surface area contributed by atoms with E-state index >= 15 is 0 Å². The Labute approximate surface area is 214 Å². The van der Waals surface area contributed by atoms with E-state index in [-0.39, 0.29) is 12.1 Å². The summed E-state index contributed by atoms with van der Waals surface area (Å²) in [6.07, 6.45) is 1.78. The van der Waals surface area contributed by atoms with Crippen LogP contribution in [-0.4, -0.2) is 30.4 Å². The number of thiocarbonyl (C=S) groups is 1. The van der Waals surface area contributed by atoms with Gasteiger partial charge in [-0.3, -0.25) is 4.98 Å². The van der Waals surface area contributed by atoms with Gasteiger partial charge >= 0.3 is 0 Å². The summed E-state index contributed by atoms with van der Waals surface area (Å²) in [7, 11) is 1.63. The average molecular weight is 506 g/mol. The van der Waals surface area contributed by atoms with Crippen molar-refractivity contribution in [2.45, 2.75) is 12.1 Å². The Kier molecular flexibility index (Phi) is 6.99. The number of aromatic nitrogens is 1. The van der Waals surface area contributed by atoms with Crippen LogP contribution < -0.4 is 15.0 Å². The first-order chi connectivity index (χ1) is 17.2. The van der Waals surface area contributed by atoms with Gasteiger partial charge in [0.2, 0.25) is 0 Å². The Morgan fingerprint density at radius 1 is 1.03 bits per heavy atom. The van der Waals surface area contributed by atoms with Crippen molar-refractivity contribution in [2.24, 2.45) is 0 Å². The zero-order valence-corrected chi connectivity index (χ0v) is 20.6. The van der Waals surface area contributed by atoms with Crippen LogP contribution in [0.3, 0.4) is 0 Å². The average Bonchev–Trinajstić information content (AvgIpc) is 3.51. The first-order valence-corrected chi connectivity index (χ1v) is 12.0. The molecule has 0 radical (unpaired) electrons. The minimum atomic E-state index is -0.272. The molecule has 4 aromatic rings. The van der Waals surface area contributed by atoms with Crippen molar-refractivity contribution in [1.29, 1.82) is 0 Å². The van der Waals surface area contributed by atoms with Gasteiger partial charge in [0.25, 0.3) is 0 Å². The number of methoxy groups -OCH3 is 1. The predicted molar refractivity (Wildman–Crippen MR) is 141 cm³/mol. The van der Waals surface area contributed by atoms with E-state index in [0.29, 0.717) is 29.1 Å². The normalized spacial score (nSPS) is 17.4. The fourth-order valence-electron chi connectivity index (χ4n) is 4.18. The number of rotatable bonds is 8. The number of nitrogens with zero attached hydrogens (tertiary/aromatic N) is 2. The van der Waals surface area contributed by atoms with Crippen LogP contribution in [0.15, 0.2) is 89.5 Å². The second-order valence-electron chi connectivity index (χ2n) is 8.02. The van der Waals surface area contributed by atoms with Crippen molar-refractivity contribution < 1.29 is 13.9 Å². The molecule has 1 saturated heterocycles. The molecule has 2 aromatic carbocycles. The zero-order valence-electron chi connectivity index (χ0n) is 19.1. The molecule has 2 unspecified atom stereocenters. The molecular formula is C27H24ClN3O3S. The number of halogens is 1. The van der Waals surface area contributed by atoms with Gasteiger partial charge in [-0.1, -0.05) is 48.0 Å². The summed E-state index contributed by atoms with van der Waals surface area (Å²) >= 11 is 12.4. The third-order valence-corrected chi connectivity index (χ3v) is 6.42. The van der Waals surface area contributed by atoms with E-state index in [9.17, 15) is 0 Å². The maximum atomic E-state index is 6.57. The molecule has 8 heteroatoms. The van der Waals surface area contributed by atoms with Crippen LogP contribution in [0.4, 0.5) is 5.69 Å². The number of nitrogens with one attached hydrogen (secondary N) is 1. The van der Waals surface area contributed by atoms with Gasteiger partial charge in [-0.25, -0.2) is 0 Å². The van der Waals surface area contributed by atoms with Crippen LogP contribution in [0.5, 0.6) is 5.75 Å². The molecule has 1 aliphatic rings. The minimum Gasteiger partial charge on any atom is -0.490 e. The van der Waals surface area contributed by atoms with E-state index in [1.807, 2.05) is 83.8 Å². The van der Waals surface area contributed by atoms with Crippen molar-refractivity contribution in [3.63, 3.8) is 0 Å². The molecule has 6 nitrogen and oxygen atoms in total. The van der Waals surface area contributed by atoms with Gasteiger partial charge in [-0.05, 0) is 54.7 Å². The lowest BCUT2D eigenvalue weighted by Gasteiger charge is -2.26. The zero-order chi connectivity index (χ0) is 24.2. The highest BCUT2D eigenvalue weighted by Crippen LogP contribution is 2.44. The summed E-state index contributed by atoms with van der Waals surface area (Å²) < 4.78 is 17.2. The highest BCUT2D eigenvalue weighted by atomic mass is 35.5. The van der Waals surface area contributed by atoms with Crippen molar-refractivity contribution in [2.75, 3.05) is 25.2 Å². The molecule has 3 heterocycles. The fraction of sp³-hybridized carbons (Fsp3) is 0.185. The van der Waals surface area contributed by atoms with Gasteiger partial charge in [-0.15, -0.1) is 0 Å². The molecule has 1 aliphatic heterocycles. The Hall–Kier alpha value is -3.39. The van der Waals surface area contributed by atoms with Gasteiger partial charge in [-0.2, -0.15) is 0 Å². The number of anilines is 1. The summed E-state index contributed by atoms with van der Waals surface area (Å²) in [6.45, 7) is 0.895. The Bertz CT molecular complexity index is 1300. The Morgan fingerprint density at radius 3 is 2.60 bits per heavy atom. The van der Waals surface area contributed by atoms with Crippen LogP contribution in [0.1, 0.15) is 23.5 Å². The van der Waals surface area contributed by atoms with Crippen LogP contribution in [0.2, 0.25) is 5.02 Å². The first-order valence-electron chi connectivity index (χ1n) is 11.2. The van der Waals surface area contributed by atoms with Gasteiger partial charge in [0.05, 0.1) is 23.4 Å². The summed E-state index contributed by atoms with van der Waals surface area (Å²) in [5.41, 5.74) is 2.70. The second kappa shape index (κ2) is 10.5. The lowest BCUT2D eigenvalue weighted by atomic mass is 10.0. The summed E-state index contributed by atoms with van der Waals surface area (Å²) in [4.78, 5) is 6.61. The molecule has 35 heavy (non-hydrogen) atoms. The minimum absolute atomic E-state index is 0.213. The van der Waals surface area contributed by atoms with Gasteiger partial charge < -0.3 is 24.1 Å². The van der Waals surface area contributed by atoms with Gasteiger partial charge in [0.1, 0.15) is 29.9 Å². The topological polar surface area (TPSA) is 59.8 Å². The molecule has 5 rings (SSSR count). The SMILES string of the molecule is COCCOc1ccc(N2C(=S)NC(c3ccccn3)C2c2ccc(-c3ccccc3)o2)cc1Cl. The molecule has 2 atom stereocenters. The molecule has 0 spiro atoms. The van der Waals surface area contributed by atoms with Gasteiger partial charge in [0, 0.05) is 24.6 Å². The molecule has 0 bridgehead atoms. The third-order valence-electron chi connectivity index (χ3n) is 5.81. The van der Waals surface area contributed by atoms with Crippen molar-refractivity contribution in [3.05, 3.63) is 102 Å². The summed E-state index contributed by atoms with van der Waals surface area (Å²) in [5, 5.41) is 4.49. The van der Waals surface area contributed by atoms with E-state index in [0.717, 1.165) is 28.5 Å². The molecule has 0 amide bonds. The van der Waals surface area contributed by atoms with Crippen molar-refractivity contribution >= 4 is 34.6 Å². The lowest BCUT2D eigenvalue weighted by molar-refractivity contribution is 0.146. The molecule has 1 N–H and O–H groups in total. The van der Waals surface area contributed by atoms with Crippen LogP contribution in [-0.2, 0) is 4.74 Å². The Balaban J connectivity index is 1.53. The van der Waals surface area contributed by atoms with E-state index < -0.39 is 0 Å². The highest BCUT2D eigenvalue weighted by Gasteiger charge is 2.42. The second-order valence-corrected chi connectivity index (χ2v) is 8.81. The number of furan rings is 1. The molecular weight excluding hydrogens is 482 g/mol. The van der Waals surface area contributed by atoms with E-state index in [1.165, 1.54) is 0 Å². The van der Waals surface area contributed by atoms with E-state index in [2.05, 4.69) is 10.3 Å². The van der Waals surface area contributed by atoms with Crippen LogP contribution in [0.25, 0.3) is 11.3 Å². The number of hydrogen-bond donors (Lipinski definition) is 1. The molecule has 2 aromatic heterocycles. The molecule has 0 saturated carbocycles. The maximum absolute atomic E-state index is 6.57. The smallest absolute Gasteiger partial charge is 0.174 e. The Morgan fingerprint density at radius 2 is 1.86 bits per heavy atom. The van der Waals surface area contributed by atoms with Crippen molar-refractivity contribution in [3.8, 4) is 17.1 Å². The first kappa shape index (κ1) is 23.4. The van der Waals surface area contributed by atoms with Gasteiger partial charge in [0.15, 0.2) is 5.11 Å². The molecule has 178 valence electrons. The van der Waals surface area contributed by atoms with E-state index in [1.54, 1.807) is 13.3 Å². The predicted octanol–water partition coefficient (Wildman–Crippen LogP) is 6.20. The standard InChI is InChI=1S/C27H24ClN3O3S/c1-32-15-16-33-23-11-10-19(17-20(23)28)31-26(25(30-27(31)35)21-9-5-6-14-29-21)24-13-12-22(34-24)18-7-3-2-4-8-18/h2-14,17,25-26H,15-16H2,1H3,(H,30,35). The molecule has 0 aliphatic carbocycles. The van der Waals surface area contributed by atoms with Crippen molar-refractivity contribution in [1.82, 2.24) is 10.3 Å². The molecule has 1 fully saturated rings. The highest BCUT2D eigenvalue weighted by molar-refractivity contribution is 7.80. The lowest BCUT2D eigenvalue weighted by Crippen LogP contribution is -2.29. The maximum Gasteiger partial charge on any atom is 0.174 e. The van der Waals surface area contributed by atoms with E-state index in [4.69, 9.17) is 37.7 Å². The van der Waals surface area contributed by atoms with Crippen LogP contribution >= 0.6 is 23.8 Å². The fourth-order valence-corrected chi connectivity index (χ4v) is 4.76. The number of benzene rings is 2. The quantitative estimate of drug-likeness (QED) is 0.226. The number of hydrogen-bond acceptors (Lipinski definition) is 5. The number of pyridine rings is 1.